The highest BCUT2D eigenvalue weighted by atomic mass is 16.5. The fourth-order valence-corrected chi connectivity index (χ4v) is 1.50. The quantitative estimate of drug-likeness (QED) is 0.356. The SMILES string of the molecule is CC/C=C/CCCOCCCCCCC. The zero-order valence-electron chi connectivity index (χ0n) is 10.6. The molecule has 0 aliphatic rings. The molecule has 0 fully saturated rings. The first-order valence-corrected chi connectivity index (χ1v) is 6.64. The molecule has 1 heteroatoms. The van der Waals surface area contributed by atoms with Crippen molar-refractivity contribution < 1.29 is 4.74 Å². The van der Waals surface area contributed by atoms with Crippen molar-refractivity contribution in [3.8, 4) is 0 Å². The minimum Gasteiger partial charge on any atom is -0.381 e. The van der Waals surface area contributed by atoms with Crippen molar-refractivity contribution in [2.24, 2.45) is 0 Å². The van der Waals surface area contributed by atoms with Crippen molar-refractivity contribution in [2.75, 3.05) is 13.2 Å². The minimum atomic E-state index is 0.932. The van der Waals surface area contributed by atoms with Crippen LogP contribution >= 0.6 is 0 Å². The Morgan fingerprint density at radius 3 is 2.27 bits per heavy atom. The number of hydrogen-bond donors (Lipinski definition) is 0. The Morgan fingerprint density at radius 1 is 0.800 bits per heavy atom. The van der Waals surface area contributed by atoms with Gasteiger partial charge in [-0.15, -0.1) is 0 Å². The van der Waals surface area contributed by atoms with E-state index in [0.717, 1.165) is 19.6 Å². The van der Waals surface area contributed by atoms with E-state index in [-0.39, 0.29) is 0 Å². The van der Waals surface area contributed by atoms with E-state index >= 15 is 0 Å². The van der Waals surface area contributed by atoms with Crippen molar-refractivity contribution in [2.45, 2.75) is 65.2 Å². The summed E-state index contributed by atoms with van der Waals surface area (Å²) < 4.78 is 5.56. The summed E-state index contributed by atoms with van der Waals surface area (Å²) in [6.07, 6.45) is 14.6. The van der Waals surface area contributed by atoms with E-state index in [0.29, 0.717) is 0 Å². The molecule has 0 bridgehead atoms. The maximum absolute atomic E-state index is 5.56. The standard InChI is InChI=1S/C14H28O/c1-3-5-7-9-11-13-15-14-12-10-8-6-4-2/h5,7H,3-4,6,8-14H2,1-2H3/b7-5+. The molecule has 0 aromatic carbocycles. The third-order valence-electron chi connectivity index (χ3n) is 2.45. The Labute approximate surface area is 95.9 Å². The maximum Gasteiger partial charge on any atom is 0.0468 e. The monoisotopic (exact) mass is 212 g/mol. The smallest absolute Gasteiger partial charge is 0.0468 e. The molecular weight excluding hydrogens is 184 g/mol. The van der Waals surface area contributed by atoms with E-state index in [4.69, 9.17) is 4.74 Å². The molecule has 0 radical (unpaired) electrons. The predicted molar refractivity (Wildman–Crippen MR) is 68.2 cm³/mol. The summed E-state index contributed by atoms with van der Waals surface area (Å²) in [6, 6.07) is 0. The van der Waals surface area contributed by atoms with Gasteiger partial charge in [-0.2, -0.15) is 0 Å². The molecule has 90 valence electrons. The Balaban J connectivity index is 2.89. The Kier molecular flexibility index (Phi) is 13.4. The lowest BCUT2D eigenvalue weighted by molar-refractivity contribution is 0.128. The second-order valence-corrected chi connectivity index (χ2v) is 4.05. The number of hydrogen-bond acceptors (Lipinski definition) is 1. The van der Waals surface area contributed by atoms with Crippen LogP contribution in [0.2, 0.25) is 0 Å². The Bertz CT molecular complexity index is 129. The molecule has 0 aliphatic carbocycles. The van der Waals surface area contributed by atoms with Crippen molar-refractivity contribution in [3.05, 3.63) is 12.2 Å². The van der Waals surface area contributed by atoms with Gasteiger partial charge in [-0.1, -0.05) is 51.7 Å². The normalized spacial score (nSPS) is 11.3. The van der Waals surface area contributed by atoms with Gasteiger partial charge in [0.1, 0.15) is 0 Å². The first kappa shape index (κ1) is 14.7. The molecule has 0 aliphatic heterocycles. The molecule has 0 aromatic heterocycles. The van der Waals surface area contributed by atoms with Gasteiger partial charge in [0.25, 0.3) is 0 Å². The largest absolute Gasteiger partial charge is 0.381 e. The number of allylic oxidation sites excluding steroid dienone is 2. The maximum atomic E-state index is 5.56. The topological polar surface area (TPSA) is 9.23 Å². The van der Waals surface area contributed by atoms with Crippen molar-refractivity contribution in [3.63, 3.8) is 0 Å². The molecule has 0 saturated carbocycles. The lowest BCUT2D eigenvalue weighted by Crippen LogP contribution is -1.96. The summed E-state index contributed by atoms with van der Waals surface area (Å²) in [7, 11) is 0. The molecule has 0 rings (SSSR count). The van der Waals surface area contributed by atoms with E-state index < -0.39 is 0 Å². The van der Waals surface area contributed by atoms with E-state index in [2.05, 4.69) is 26.0 Å². The lowest BCUT2D eigenvalue weighted by Gasteiger charge is -2.02. The zero-order valence-corrected chi connectivity index (χ0v) is 10.6. The Morgan fingerprint density at radius 2 is 1.53 bits per heavy atom. The summed E-state index contributed by atoms with van der Waals surface area (Å²) in [4.78, 5) is 0. The van der Waals surface area contributed by atoms with Gasteiger partial charge >= 0.3 is 0 Å². The third kappa shape index (κ3) is 13.7. The minimum absolute atomic E-state index is 0.932. The van der Waals surface area contributed by atoms with Crippen LogP contribution in [0.25, 0.3) is 0 Å². The van der Waals surface area contributed by atoms with Crippen LogP contribution in [0.5, 0.6) is 0 Å². The molecule has 1 nitrogen and oxygen atoms in total. The van der Waals surface area contributed by atoms with Gasteiger partial charge in [0, 0.05) is 13.2 Å². The van der Waals surface area contributed by atoms with E-state index in [9.17, 15) is 0 Å². The molecule has 15 heavy (non-hydrogen) atoms. The van der Waals surface area contributed by atoms with Gasteiger partial charge in [0.05, 0.1) is 0 Å². The van der Waals surface area contributed by atoms with Gasteiger partial charge in [-0.3, -0.25) is 0 Å². The fourth-order valence-electron chi connectivity index (χ4n) is 1.50. The molecule has 0 unspecified atom stereocenters. The molecular formula is C14H28O. The van der Waals surface area contributed by atoms with Crippen LogP contribution < -0.4 is 0 Å². The van der Waals surface area contributed by atoms with Crippen LogP contribution in [0.4, 0.5) is 0 Å². The summed E-state index contributed by atoms with van der Waals surface area (Å²) in [5, 5.41) is 0. The highest BCUT2D eigenvalue weighted by molar-refractivity contribution is 4.79. The predicted octanol–water partition coefficient (Wildman–Crippen LogP) is 4.72. The molecule has 0 spiro atoms. The summed E-state index contributed by atoms with van der Waals surface area (Å²) in [6.45, 7) is 6.31. The second kappa shape index (κ2) is 13.7. The van der Waals surface area contributed by atoms with Gasteiger partial charge in [-0.25, -0.2) is 0 Å². The van der Waals surface area contributed by atoms with E-state index in [1.165, 1.54) is 44.9 Å². The van der Waals surface area contributed by atoms with Crippen molar-refractivity contribution >= 4 is 0 Å². The second-order valence-electron chi connectivity index (χ2n) is 4.05. The van der Waals surface area contributed by atoms with Crippen molar-refractivity contribution in [1.82, 2.24) is 0 Å². The van der Waals surface area contributed by atoms with Crippen LogP contribution in [-0.4, -0.2) is 13.2 Å². The average Bonchev–Trinajstić information content (AvgIpc) is 2.26. The van der Waals surface area contributed by atoms with E-state index in [1.807, 2.05) is 0 Å². The van der Waals surface area contributed by atoms with Crippen LogP contribution in [0.15, 0.2) is 12.2 Å². The molecule has 0 atom stereocenters. The van der Waals surface area contributed by atoms with Gasteiger partial charge in [0.2, 0.25) is 0 Å². The first-order chi connectivity index (χ1) is 7.41. The van der Waals surface area contributed by atoms with Crippen LogP contribution in [0, 0.1) is 0 Å². The zero-order chi connectivity index (χ0) is 11.2. The molecule has 0 heterocycles. The van der Waals surface area contributed by atoms with Gasteiger partial charge < -0.3 is 4.74 Å². The summed E-state index contributed by atoms with van der Waals surface area (Å²) in [5.74, 6) is 0. The lowest BCUT2D eigenvalue weighted by atomic mass is 10.2. The number of rotatable bonds is 11. The van der Waals surface area contributed by atoms with Crippen LogP contribution in [0.3, 0.4) is 0 Å². The van der Waals surface area contributed by atoms with Crippen LogP contribution in [0.1, 0.15) is 65.2 Å². The first-order valence-electron chi connectivity index (χ1n) is 6.64. The molecule has 0 amide bonds. The van der Waals surface area contributed by atoms with Gasteiger partial charge in [0.15, 0.2) is 0 Å². The number of ether oxygens (including phenoxy) is 1. The fraction of sp³-hybridized carbons (Fsp3) is 0.857. The summed E-state index contributed by atoms with van der Waals surface area (Å²) >= 11 is 0. The molecule has 0 aromatic rings. The summed E-state index contributed by atoms with van der Waals surface area (Å²) in [5.41, 5.74) is 0. The van der Waals surface area contributed by atoms with Gasteiger partial charge in [-0.05, 0) is 25.7 Å². The van der Waals surface area contributed by atoms with Crippen LogP contribution in [-0.2, 0) is 4.74 Å². The number of unbranched alkanes of at least 4 members (excludes halogenated alkanes) is 5. The average molecular weight is 212 g/mol. The highest BCUT2D eigenvalue weighted by Gasteiger charge is 1.90. The third-order valence-corrected chi connectivity index (χ3v) is 2.45. The Hall–Kier alpha value is -0.300. The highest BCUT2D eigenvalue weighted by Crippen LogP contribution is 2.02. The molecule has 0 saturated heterocycles. The van der Waals surface area contributed by atoms with E-state index in [1.54, 1.807) is 0 Å². The molecule has 0 N–H and O–H groups in total. The van der Waals surface area contributed by atoms with Crippen molar-refractivity contribution in [1.29, 1.82) is 0 Å².